The van der Waals surface area contributed by atoms with Gasteiger partial charge in [0.2, 0.25) is 5.91 Å². The molecule has 1 aromatic rings. The van der Waals surface area contributed by atoms with E-state index in [1.54, 1.807) is 37.8 Å². The number of amides is 2. The number of carbonyl (C=O) groups is 3. The van der Waals surface area contributed by atoms with Crippen LogP contribution in [0.2, 0.25) is 0 Å². The van der Waals surface area contributed by atoms with E-state index in [-0.39, 0.29) is 25.0 Å². The number of likely N-dealkylation sites (tertiary alicyclic amines) is 1. The van der Waals surface area contributed by atoms with E-state index in [1.165, 1.54) is 0 Å². The Balaban J connectivity index is 2.16. The summed E-state index contributed by atoms with van der Waals surface area (Å²) in [7, 11) is 0. The van der Waals surface area contributed by atoms with Crippen molar-refractivity contribution < 1.29 is 23.9 Å². The Hall–Kier alpha value is -3.09. The summed E-state index contributed by atoms with van der Waals surface area (Å²) in [6.45, 7) is 12.8. The standard InChI is InChI=1S/C25H34N2O5/c1-6-11-19-15-16-21(23(29)31-17-18-13-9-8-10-14-18)27(19)22(28)20(12-7-2)26-24(30)32-25(3,4)5/h6-10,13-14,19-21H,1-2,11-12,15-17H2,3-5H3,(H,26,30). The van der Waals surface area contributed by atoms with E-state index in [0.717, 1.165) is 5.56 Å². The van der Waals surface area contributed by atoms with E-state index < -0.39 is 29.7 Å². The topological polar surface area (TPSA) is 84.9 Å². The molecular weight excluding hydrogens is 408 g/mol. The molecule has 0 radical (unpaired) electrons. The first kappa shape index (κ1) is 25.2. The Morgan fingerprint density at radius 2 is 1.84 bits per heavy atom. The van der Waals surface area contributed by atoms with Crippen molar-refractivity contribution in [3.63, 3.8) is 0 Å². The molecule has 7 nitrogen and oxygen atoms in total. The average Bonchev–Trinajstić information content (AvgIpc) is 3.14. The van der Waals surface area contributed by atoms with Gasteiger partial charge in [0.25, 0.3) is 0 Å². The van der Waals surface area contributed by atoms with Crippen molar-refractivity contribution in [2.75, 3.05) is 0 Å². The van der Waals surface area contributed by atoms with Gasteiger partial charge in [0, 0.05) is 6.04 Å². The molecule has 0 aliphatic carbocycles. The van der Waals surface area contributed by atoms with Crippen LogP contribution in [0.4, 0.5) is 4.79 Å². The first-order chi connectivity index (χ1) is 15.2. The van der Waals surface area contributed by atoms with E-state index in [2.05, 4.69) is 18.5 Å². The number of benzene rings is 1. The van der Waals surface area contributed by atoms with E-state index in [9.17, 15) is 14.4 Å². The summed E-state index contributed by atoms with van der Waals surface area (Å²) >= 11 is 0. The molecule has 1 aliphatic rings. The van der Waals surface area contributed by atoms with Crippen molar-refractivity contribution in [2.45, 2.75) is 76.8 Å². The Kier molecular flexibility index (Phi) is 9.05. The summed E-state index contributed by atoms with van der Waals surface area (Å²) in [6, 6.07) is 7.57. The van der Waals surface area contributed by atoms with Gasteiger partial charge in [-0.3, -0.25) is 4.79 Å². The number of hydrogen-bond acceptors (Lipinski definition) is 5. The molecule has 0 saturated carbocycles. The minimum atomic E-state index is -0.891. The lowest BCUT2D eigenvalue weighted by Gasteiger charge is -2.32. The summed E-state index contributed by atoms with van der Waals surface area (Å²) in [4.78, 5) is 40.2. The first-order valence-electron chi connectivity index (χ1n) is 10.9. The largest absolute Gasteiger partial charge is 0.459 e. The minimum Gasteiger partial charge on any atom is -0.459 e. The van der Waals surface area contributed by atoms with Gasteiger partial charge in [-0.15, -0.1) is 13.2 Å². The third kappa shape index (κ3) is 7.25. The van der Waals surface area contributed by atoms with E-state index in [4.69, 9.17) is 9.47 Å². The second-order valence-corrected chi connectivity index (χ2v) is 8.83. The smallest absolute Gasteiger partial charge is 0.408 e. The molecule has 2 rings (SSSR count). The van der Waals surface area contributed by atoms with Crippen molar-refractivity contribution in [1.82, 2.24) is 10.2 Å². The highest BCUT2D eigenvalue weighted by atomic mass is 16.6. The fourth-order valence-electron chi connectivity index (χ4n) is 3.71. The van der Waals surface area contributed by atoms with Gasteiger partial charge in [0.15, 0.2) is 0 Å². The van der Waals surface area contributed by atoms with Crippen LogP contribution >= 0.6 is 0 Å². The van der Waals surface area contributed by atoms with Crippen molar-refractivity contribution in [3.8, 4) is 0 Å². The second kappa shape index (κ2) is 11.5. The summed E-state index contributed by atoms with van der Waals surface area (Å²) in [5.74, 6) is -0.815. The van der Waals surface area contributed by atoms with Gasteiger partial charge in [0.1, 0.15) is 24.3 Å². The molecule has 1 fully saturated rings. The minimum absolute atomic E-state index is 0.135. The molecular formula is C25H34N2O5. The van der Waals surface area contributed by atoms with E-state index in [0.29, 0.717) is 19.3 Å². The fourth-order valence-corrected chi connectivity index (χ4v) is 3.71. The molecule has 0 spiro atoms. The van der Waals surface area contributed by atoms with E-state index >= 15 is 0 Å². The van der Waals surface area contributed by atoms with Crippen molar-refractivity contribution in [2.24, 2.45) is 0 Å². The molecule has 1 N–H and O–H groups in total. The van der Waals surface area contributed by atoms with Crippen LogP contribution < -0.4 is 5.32 Å². The highest BCUT2D eigenvalue weighted by molar-refractivity contribution is 5.90. The number of carbonyl (C=O) groups excluding carboxylic acids is 3. The number of hydrogen-bond donors (Lipinski definition) is 1. The maximum atomic E-state index is 13.5. The van der Waals surface area contributed by atoms with Crippen molar-refractivity contribution in [3.05, 3.63) is 61.2 Å². The summed E-state index contributed by atoms with van der Waals surface area (Å²) in [5, 5.41) is 2.63. The van der Waals surface area contributed by atoms with Gasteiger partial charge < -0.3 is 19.7 Å². The third-order valence-electron chi connectivity index (χ3n) is 5.08. The highest BCUT2D eigenvalue weighted by Crippen LogP contribution is 2.29. The van der Waals surface area contributed by atoms with Crippen molar-refractivity contribution >= 4 is 18.0 Å². The monoisotopic (exact) mass is 442 g/mol. The number of nitrogens with zero attached hydrogens (tertiary/aromatic N) is 1. The lowest BCUT2D eigenvalue weighted by atomic mass is 10.1. The van der Waals surface area contributed by atoms with Gasteiger partial charge in [-0.2, -0.15) is 0 Å². The average molecular weight is 443 g/mol. The summed E-state index contributed by atoms with van der Waals surface area (Å²) in [5.41, 5.74) is 0.171. The number of alkyl carbamates (subject to hydrolysis) is 1. The SMILES string of the molecule is C=CCC(NC(=O)OC(C)(C)C)C(=O)N1C(CC=C)CCC1C(=O)OCc1ccccc1. The zero-order valence-electron chi connectivity index (χ0n) is 19.2. The lowest BCUT2D eigenvalue weighted by Crippen LogP contribution is -2.54. The molecule has 1 aromatic carbocycles. The summed E-state index contributed by atoms with van der Waals surface area (Å²) < 4.78 is 10.8. The highest BCUT2D eigenvalue weighted by Gasteiger charge is 2.43. The predicted molar refractivity (Wildman–Crippen MR) is 123 cm³/mol. The Morgan fingerprint density at radius 1 is 1.16 bits per heavy atom. The quantitative estimate of drug-likeness (QED) is 0.459. The number of esters is 1. The summed E-state index contributed by atoms with van der Waals surface area (Å²) in [6.07, 6.45) is 4.48. The second-order valence-electron chi connectivity index (χ2n) is 8.83. The molecule has 174 valence electrons. The maximum absolute atomic E-state index is 13.5. The van der Waals surface area contributed by atoms with Gasteiger partial charge in [-0.05, 0) is 52.0 Å². The van der Waals surface area contributed by atoms with Gasteiger partial charge in [-0.1, -0.05) is 42.5 Å². The molecule has 0 bridgehead atoms. The molecule has 1 aliphatic heterocycles. The van der Waals surface area contributed by atoms with Crippen LogP contribution in [0, 0.1) is 0 Å². The Labute approximate surface area is 190 Å². The van der Waals surface area contributed by atoms with Crippen molar-refractivity contribution in [1.29, 1.82) is 0 Å². The number of rotatable bonds is 9. The van der Waals surface area contributed by atoms with Crippen LogP contribution in [0.5, 0.6) is 0 Å². The van der Waals surface area contributed by atoms with Gasteiger partial charge >= 0.3 is 12.1 Å². The maximum Gasteiger partial charge on any atom is 0.408 e. The molecule has 1 heterocycles. The zero-order valence-corrected chi connectivity index (χ0v) is 19.2. The van der Waals surface area contributed by atoms with Gasteiger partial charge in [0.05, 0.1) is 0 Å². The molecule has 1 saturated heterocycles. The molecule has 2 amide bonds. The van der Waals surface area contributed by atoms with Crippen LogP contribution in [0.15, 0.2) is 55.6 Å². The molecule has 0 aromatic heterocycles. The number of ether oxygens (including phenoxy) is 2. The molecule has 3 unspecified atom stereocenters. The van der Waals surface area contributed by atoms with Crippen LogP contribution in [0.1, 0.15) is 52.0 Å². The van der Waals surface area contributed by atoms with Crippen LogP contribution in [0.25, 0.3) is 0 Å². The van der Waals surface area contributed by atoms with Crippen LogP contribution in [-0.2, 0) is 25.7 Å². The lowest BCUT2D eigenvalue weighted by molar-refractivity contribution is -0.156. The molecule has 7 heteroatoms. The fraction of sp³-hybridized carbons (Fsp3) is 0.480. The number of nitrogens with one attached hydrogen (secondary N) is 1. The zero-order chi connectivity index (χ0) is 23.7. The molecule has 32 heavy (non-hydrogen) atoms. The normalized spacial score (nSPS) is 19.0. The van der Waals surface area contributed by atoms with Gasteiger partial charge in [-0.25, -0.2) is 9.59 Å². The molecule has 3 atom stereocenters. The Morgan fingerprint density at radius 3 is 2.44 bits per heavy atom. The third-order valence-corrected chi connectivity index (χ3v) is 5.08. The van der Waals surface area contributed by atoms with Crippen LogP contribution in [0.3, 0.4) is 0 Å². The predicted octanol–water partition coefficient (Wildman–Crippen LogP) is 4.13. The Bertz CT molecular complexity index is 815. The van der Waals surface area contributed by atoms with E-state index in [1.807, 2.05) is 30.3 Å². The first-order valence-corrected chi connectivity index (χ1v) is 10.9. The van der Waals surface area contributed by atoms with Crippen LogP contribution in [-0.4, -0.2) is 46.6 Å².